The minimum absolute atomic E-state index is 0.0472. The lowest BCUT2D eigenvalue weighted by atomic mass is 10.0. The molecule has 0 bridgehead atoms. The highest BCUT2D eigenvalue weighted by atomic mass is 16.6. The number of non-ortho nitro benzene ring substituents is 1. The minimum atomic E-state index is -0.491. The summed E-state index contributed by atoms with van der Waals surface area (Å²) in [4.78, 5) is 22.0. The number of anilines is 1. The van der Waals surface area contributed by atoms with Crippen molar-refractivity contribution in [3.05, 3.63) is 33.9 Å². The molecule has 0 aliphatic rings. The van der Waals surface area contributed by atoms with Crippen LogP contribution in [-0.4, -0.2) is 16.9 Å². The van der Waals surface area contributed by atoms with Gasteiger partial charge in [0, 0.05) is 24.6 Å². The summed E-state index contributed by atoms with van der Waals surface area (Å²) in [5.41, 5.74) is 7.00. The number of carbonyl (C=O) groups is 1. The van der Waals surface area contributed by atoms with Gasteiger partial charge >= 0.3 is 0 Å². The van der Waals surface area contributed by atoms with Crippen LogP contribution in [0.5, 0.6) is 0 Å². The van der Waals surface area contributed by atoms with Crippen LogP contribution >= 0.6 is 0 Å². The molecule has 0 heterocycles. The van der Waals surface area contributed by atoms with E-state index in [2.05, 4.69) is 5.32 Å². The molecule has 3 N–H and O–H groups in total. The maximum absolute atomic E-state index is 11.8. The average Bonchev–Trinajstić information content (AvgIpc) is 2.31. The third kappa shape index (κ3) is 4.33. The van der Waals surface area contributed by atoms with Crippen LogP contribution in [0.1, 0.15) is 25.8 Å². The Morgan fingerprint density at radius 3 is 2.63 bits per heavy atom. The fourth-order valence-corrected chi connectivity index (χ4v) is 1.51. The molecule has 1 atom stereocenters. The molecule has 0 saturated carbocycles. The van der Waals surface area contributed by atoms with Crippen LogP contribution in [0.3, 0.4) is 0 Å². The quantitative estimate of drug-likeness (QED) is 0.630. The van der Waals surface area contributed by atoms with Crippen molar-refractivity contribution in [2.24, 2.45) is 11.7 Å². The van der Waals surface area contributed by atoms with Crippen molar-refractivity contribution in [3.8, 4) is 0 Å². The molecule has 0 saturated heterocycles. The second-order valence-electron chi connectivity index (χ2n) is 4.92. The Balaban J connectivity index is 2.79. The first-order valence-corrected chi connectivity index (χ1v) is 6.11. The third-order valence-corrected chi connectivity index (χ3v) is 2.98. The molecule has 1 aromatic rings. The molecule has 0 spiro atoms. The summed E-state index contributed by atoms with van der Waals surface area (Å²) in [6, 6.07) is 4.15. The fraction of sp³-hybridized carbons (Fsp3) is 0.462. The summed E-state index contributed by atoms with van der Waals surface area (Å²) in [6.45, 7) is 5.66. The summed E-state index contributed by atoms with van der Waals surface area (Å²) in [7, 11) is 0. The van der Waals surface area contributed by atoms with Crippen LogP contribution < -0.4 is 11.1 Å². The highest BCUT2D eigenvalue weighted by Gasteiger charge is 2.15. The van der Waals surface area contributed by atoms with Gasteiger partial charge in [-0.3, -0.25) is 14.9 Å². The first-order valence-electron chi connectivity index (χ1n) is 6.11. The number of hydrogen-bond acceptors (Lipinski definition) is 4. The SMILES string of the molecule is Cc1ccc([N+](=O)[O-])cc1NC(=O)CC(N)C(C)C. The predicted octanol–water partition coefficient (Wildman–Crippen LogP) is 2.22. The van der Waals surface area contributed by atoms with E-state index < -0.39 is 4.92 Å². The molecular weight excluding hydrogens is 246 g/mol. The van der Waals surface area contributed by atoms with E-state index in [-0.39, 0.29) is 30.0 Å². The molecule has 104 valence electrons. The molecule has 0 aromatic heterocycles. The Kier molecular flexibility index (Phi) is 5.00. The van der Waals surface area contributed by atoms with Crippen LogP contribution in [0.15, 0.2) is 18.2 Å². The number of amides is 1. The Morgan fingerprint density at radius 2 is 2.11 bits per heavy atom. The molecule has 1 rings (SSSR count). The van der Waals surface area contributed by atoms with Gasteiger partial charge in [-0.25, -0.2) is 0 Å². The molecule has 19 heavy (non-hydrogen) atoms. The van der Waals surface area contributed by atoms with Crippen molar-refractivity contribution >= 4 is 17.3 Å². The van der Waals surface area contributed by atoms with Crippen LogP contribution in [0.25, 0.3) is 0 Å². The van der Waals surface area contributed by atoms with Crippen molar-refractivity contribution in [2.75, 3.05) is 5.32 Å². The second-order valence-corrected chi connectivity index (χ2v) is 4.92. The topological polar surface area (TPSA) is 98.3 Å². The average molecular weight is 265 g/mol. The van der Waals surface area contributed by atoms with Gasteiger partial charge in [0.05, 0.1) is 10.6 Å². The maximum Gasteiger partial charge on any atom is 0.271 e. The number of nitro groups is 1. The zero-order valence-corrected chi connectivity index (χ0v) is 11.3. The van der Waals surface area contributed by atoms with Gasteiger partial charge in [0.1, 0.15) is 0 Å². The monoisotopic (exact) mass is 265 g/mol. The summed E-state index contributed by atoms with van der Waals surface area (Å²) in [6.07, 6.45) is 0.194. The van der Waals surface area contributed by atoms with Crippen LogP contribution in [0.4, 0.5) is 11.4 Å². The van der Waals surface area contributed by atoms with Crippen LogP contribution in [0.2, 0.25) is 0 Å². The highest BCUT2D eigenvalue weighted by Crippen LogP contribution is 2.22. The number of benzene rings is 1. The Hall–Kier alpha value is -1.95. The molecular formula is C13H19N3O3. The van der Waals surface area contributed by atoms with Gasteiger partial charge in [0.25, 0.3) is 5.69 Å². The van der Waals surface area contributed by atoms with E-state index in [1.54, 1.807) is 13.0 Å². The van der Waals surface area contributed by atoms with E-state index in [0.29, 0.717) is 5.69 Å². The Bertz CT molecular complexity index is 486. The van der Waals surface area contributed by atoms with E-state index in [4.69, 9.17) is 5.73 Å². The minimum Gasteiger partial charge on any atom is -0.327 e. The van der Waals surface area contributed by atoms with Gasteiger partial charge in [0.15, 0.2) is 0 Å². The van der Waals surface area contributed by atoms with Gasteiger partial charge in [-0.15, -0.1) is 0 Å². The largest absolute Gasteiger partial charge is 0.327 e. The molecule has 0 fully saturated rings. The first kappa shape index (κ1) is 15.1. The fourth-order valence-electron chi connectivity index (χ4n) is 1.51. The normalized spacial score (nSPS) is 12.3. The molecule has 1 amide bonds. The van der Waals surface area contributed by atoms with Crippen molar-refractivity contribution in [1.29, 1.82) is 0 Å². The lowest BCUT2D eigenvalue weighted by molar-refractivity contribution is -0.384. The summed E-state index contributed by atoms with van der Waals surface area (Å²) in [5, 5.41) is 13.4. The first-order chi connectivity index (χ1) is 8.81. The summed E-state index contributed by atoms with van der Waals surface area (Å²) in [5.74, 6) is -0.0262. The van der Waals surface area contributed by atoms with Gasteiger partial charge in [-0.1, -0.05) is 19.9 Å². The van der Waals surface area contributed by atoms with E-state index in [0.717, 1.165) is 5.56 Å². The standard InChI is InChI=1S/C13H19N3O3/c1-8(2)11(14)7-13(17)15-12-6-10(16(18)19)5-4-9(12)3/h4-6,8,11H,7,14H2,1-3H3,(H,15,17). The summed E-state index contributed by atoms with van der Waals surface area (Å²) < 4.78 is 0. The number of hydrogen-bond donors (Lipinski definition) is 2. The molecule has 0 aliphatic heterocycles. The van der Waals surface area contributed by atoms with Crippen molar-refractivity contribution in [1.82, 2.24) is 0 Å². The zero-order chi connectivity index (χ0) is 14.6. The molecule has 6 heteroatoms. The van der Waals surface area contributed by atoms with Crippen LogP contribution in [0, 0.1) is 23.0 Å². The van der Waals surface area contributed by atoms with Gasteiger partial charge in [0.2, 0.25) is 5.91 Å². The molecule has 0 radical (unpaired) electrons. The number of rotatable bonds is 5. The number of carbonyl (C=O) groups excluding carboxylic acids is 1. The lowest BCUT2D eigenvalue weighted by Gasteiger charge is -2.15. The van der Waals surface area contributed by atoms with Gasteiger partial charge in [-0.2, -0.15) is 0 Å². The number of nitrogens with two attached hydrogens (primary N) is 1. The number of aryl methyl sites for hydroxylation is 1. The van der Waals surface area contributed by atoms with Crippen LogP contribution in [-0.2, 0) is 4.79 Å². The molecule has 0 aliphatic carbocycles. The number of nitrogens with one attached hydrogen (secondary N) is 1. The summed E-state index contributed by atoms with van der Waals surface area (Å²) >= 11 is 0. The second kappa shape index (κ2) is 6.29. The molecule has 6 nitrogen and oxygen atoms in total. The Morgan fingerprint density at radius 1 is 1.47 bits per heavy atom. The van der Waals surface area contributed by atoms with Crippen molar-refractivity contribution < 1.29 is 9.72 Å². The number of nitro benzene ring substituents is 1. The van der Waals surface area contributed by atoms with E-state index in [1.165, 1.54) is 12.1 Å². The number of nitrogens with zero attached hydrogens (tertiary/aromatic N) is 1. The highest BCUT2D eigenvalue weighted by molar-refractivity contribution is 5.92. The van der Waals surface area contributed by atoms with E-state index >= 15 is 0 Å². The van der Waals surface area contributed by atoms with E-state index in [9.17, 15) is 14.9 Å². The maximum atomic E-state index is 11.8. The molecule has 1 unspecified atom stereocenters. The van der Waals surface area contributed by atoms with Gasteiger partial charge in [-0.05, 0) is 18.4 Å². The van der Waals surface area contributed by atoms with Gasteiger partial charge < -0.3 is 11.1 Å². The van der Waals surface area contributed by atoms with E-state index in [1.807, 2.05) is 13.8 Å². The lowest BCUT2D eigenvalue weighted by Crippen LogP contribution is -2.31. The smallest absolute Gasteiger partial charge is 0.271 e. The van der Waals surface area contributed by atoms with Crippen molar-refractivity contribution in [3.63, 3.8) is 0 Å². The van der Waals surface area contributed by atoms with Crippen molar-refractivity contribution in [2.45, 2.75) is 33.2 Å². The Labute approximate surface area is 112 Å². The third-order valence-electron chi connectivity index (χ3n) is 2.98. The predicted molar refractivity (Wildman–Crippen MR) is 73.9 cm³/mol. The zero-order valence-electron chi connectivity index (χ0n) is 11.3. The molecule has 1 aromatic carbocycles.